The molecule has 23 heavy (non-hydrogen) atoms. The Morgan fingerprint density at radius 1 is 1.43 bits per heavy atom. The predicted molar refractivity (Wildman–Crippen MR) is 85.4 cm³/mol. The van der Waals surface area contributed by atoms with Crippen LogP contribution in [0, 0.1) is 5.92 Å². The SMILES string of the molecule is CCOCc1cc(CN2CC[C@@H](O)[C@H](C(=O)O)C2)ccc1OC. The van der Waals surface area contributed by atoms with Crippen molar-refractivity contribution < 1.29 is 24.5 Å². The number of carbonyl (C=O) groups is 1. The minimum atomic E-state index is -0.936. The number of aliphatic hydroxyl groups is 1. The van der Waals surface area contributed by atoms with Crippen LogP contribution in [0.4, 0.5) is 0 Å². The molecule has 0 radical (unpaired) electrons. The third-order valence-electron chi connectivity index (χ3n) is 4.19. The van der Waals surface area contributed by atoms with E-state index in [4.69, 9.17) is 9.47 Å². The number of aliphatic hydroxyl groups excluding tert-OH is 1. The van der Waals surface area contributed by atoms with Crippen molar-refractivity contribution in [1.29, 1.82) is 0 Å². The van der Waals surface area contributed by atoms with Crippen LogP contribution in [0.5, 0.6) is 5.75 Å². The number of aliphatic carboxylic acids is 1. The first kappa shape index (κ1) is 17.7. The van der Waals surface area contributed by atoms with Crippen LogP contribution in [0.1, 0.15) is 24.5 Å². The van der Waals surface area contributed by atoms with Crippen molar-refractivity contribution in [3.63, 3.8) is 0 Å². The van der Waals surface area contributed by atoms with Gasteiger partial charge in [-0.25, -0.2) is 0 Å². The molecule has 1 heterocycles. The second-order valence-electron chi connectivity index (χ2n) is 5.82. The second kappa shape index (κ2) is 8.29. The van der Waals surface area contributed by atoms with Crippen molar-refractivity contribution in [2.75, 3.05) is 26.8 Å². The Labute approximate surface area is 136 Å². The number of piperidine rings is 1. The lowest BCUT2D eigenvalue weighted by Gasteiger charge is -2.34. The van der Waals surface area contributed by atoms with Crippen LogP contribution in [0.2, 0.25) is 0 Å². The Hall–Kier alpha value is -1.63. The quantitative estimate of drug-likeness (QED) is 0.792. The van der Waals surface area contributed by atoms with Crippen LogP contribution < -0.4 is 4.74 Å². The highest BCUT2D eigenvalue weighted by Gasteiger charge is 2.32. The molecule has 2 N–H and O–H groups in total. The van der Waals surface area contributed by atoms with Gasteiger partial charge in [-0.05, 0) is 31.0 Å². The number of nitrogens with zero attached hydrogens (tertiary/aromatic N) is 1. The lowest BCUT2D eigenvalue weighted by atomic mass is 9.94. The van der Waals surface area contributed by atoms with Crippen molar-refractivity contribution in [3.05, 3.63) is 29.3 Å². The number of methoxy groups -OCH3 is 1. The van der Waals surface area contributed by atoms with Crippen LogP contribution in [0.25, 0.3) is 0 Å². The molecule has 1 aromatic rings. The zero-order chi connectivity index (χ0) is 16.8. The average Bonchev–Trinajstić information content (AvgIpc) is 2.54. The minimum Gasteiger partial charge on any atom is -0.496 e. The molecule has 0 bridgehead atoms. The Kier molecular flexibility index (Phi) is 6.38. The van der Waals surface area contributed by atoms with E-state index in [1.165, 1.54) is 0 Å². The molecule has 0 aliphatic carbocycles. The van der Waals surface area contributed by atoms with Crippen LogP contribution in [-0.4, -0.2) is 54.0 Å². The van der Waals surface area contributed by atoms with Gasteiger partial charge in [-0.2, -0.15) is 0 Å². The Morgan fingerprint density at radius 3 is 2.87 bits per heavy atom. The highest BCUT2D eigenvalue weighted by Crippen LogP contribution is 2.24. The average molecular weight is 323 g/mol. The molecular formula is C17H25NO5. The molecule has 1 saturated heterocycles. The van der Waals surface area contributed by atoms with Gasteiger partial charge in [-0.15, -0.1) is 0 Å². The number of likely N-dealkylation sites (tertiary alicyclic amines) is 1. The van der Waals surface area contributed by atoms with Gasteiger partial charge < -0.3 is 19.7 Å². The van der Waals surface area contributed by atoms with E-state index >= 15 is 0 Å². The van der Waals surface area contributed by atoms with Gasteiger partial charge in [-0.3, -0.25) is 9.69 Å². The van der Waals surface area contributed by atoms with E-state index in [0.717, 1.165) is 16.9 Å². The minimum absolute atomic E-state index is 0.364. The highest BCUT2D eigenvalue weighted by molar-refractivity contribution is 5.71. The molecule has 6 heteroatoms. The summed E-state index contributed by atoms with van der Waals surface area (Å²) in [6.07, 6.45) is -0.271. The van der Waals surface area contributed by atoms with Gasteiger partial charge in [0.05, 0.1) is 25.7 Å². The summed E-state index contributed by atoms with van der Waals surface area (Å²) in [7, 11) is 1.63. The van der Waals surface area contributed by atoms with Gasteiger partial charge in [0, 0.05) is 31.8 Å². The Morgan fingerprint density at radius 2 is 2.22 bits per heavy atom. The normalized spacial score (nSPS) is 22.0. The zero-order valence-electron chi connectivity index (χ0n) is 13.7. The molecule has 1 aliphatic rings. The summed E-state index contributed by atoms with van der Waals surface area (Å²) < 4.78 is 10.8. The maximum atomic E-state index is 11.2. The fourth-order valence-electron chi connectivity index (χ4n) is 2.91. The first-order valence-electron chi connectivity index (χ1n) is 7.92. The summed E-state index contributed by atoms with van der Waals surface area (Å²) in [6, 6.07) is 5.93. The number of hydrogen-bond donors (Lipinski definition) is 2. The smallest absolute Gasteiger partial charge is 0.310 e. The van der Waals surface area contributed by atoms with Crippen LogP contribution >= 0.6 is 0 Å². The van der Waals surface area contributed by atoms with E-state index in [0.29, 0.717) is 39.3 Å². The monoisotopic (exact) mass is 323 g/mol. The van der Waals surface area contributed by atoms with Crippen molar-refractivity contribution >= 4 is 5.97 Å². The lowest BCUT2D eigenvalue weighted by molar-refractivity contribution is -0.149. The van der Waals surface area contributed by atoms with Gasteiger partial charge in [0.1, 0.15) is 5.75 Å². The van der Waals surface area contributed by atoms with E-state index in [-0.39, 0.29) is 0 Å². The number of carboxylic acids is 1. The van der Waals surface area contributed by atoms with Gasteiger partial charge in [0.2, 0.25) is 0 Å². The first-order chi connectivity index (χ1) is 11.0. The second-order valence-corrected chi connectivity index (χ2v) is 5.82. The summed E-state index contributed by atoms with van der Waals surface area (Å²) in [5, 5.41) is 19.0. The molecule has 1 aromatic carbocycles. The van der Waals surface area contributed by atoms with Gasteiger partial charge >= 0.3 is 5.97 Å². The topological polar surface area (TPSA) is 79.2 Å². The first-order valence-corrected chi connectivity index (χ1v) is 7.92. The fourth-order valence-corrected chi connectivity index (χ4v) is 2.91. The van der Waals surface area contributed by atoms with E-state index < -0.39 is 18.0 Å². The molecular weight excluding hydrogens is 298 g/mol. The molecule has 1 aliphatic heterocycles. The van der Waals surface area contributed by atoms with E-state index in [1.807, 2.05) is 25.1 Å². The number of ether oxygens (including phenoxy) is 2. The molecule has 0 unspecified atom stereocenters. The molecule has 2 rings (SSSR count). The third-order valence-corrected chi connectivity index (χ3v) is 4.19. The van der Waals surface area contributed by atoms with Crippen LogP contribution in [-0.2, 0) is 22.7 Å². The summed E-state index contributed by atoms with van der Waals surface area (Å²) in [5.74, 6) is -0.862. The maximum absolute atomic E-state index is 11.2. The van der Waals surface area contributed by atoms with Gasteiger partial charge in [0.25, 0.3) is 0 Å². The summed E-state index contributed by atoms with van der Waals surface area (Å²) in [4.78, 5) is 13.3. The molecule has 128 valence electrons. The number of rotatable bonds is 7. The molecule has 0 spiro atoms. The van der Waals surface area contributed by atoms with Crippen molar-refractivity contribution in [2.45, 2.75) is 32.6 Å². The van der Waals surface area contributed by atoms with Crippen molar-refractivity contribution in [3.8, 4) is 5.75 Å². The Bertz CT molecular complexity index is 534. The third kappa shape index (κ3) is 4.67. The molecule has 0 saturated carbocycles. The van der Waals surface area contributed by atoms with E-state index in [1.54, 1.807) is 7.11 Å². The van der Waals surface area contributed by atoms with E-state index in [2.05, 4.69) is 4.90 Å². The Balaban J connectivity index is 2.06. The number of benzene rings is 1. The number of hydrogen-bond acceptors (Lipinski definition) is 5. The molecule has 0 amide bonds. The summed E-state index contributed by atoms with van der Waals surface area (Å²) in [6.45, 7) is 4.78. The van der Waals surface area contributed by atoms with Crippen LogP contribution in [0.15, 0.2) is 18.2 Å². The summed E-state index contributed by atoms with van der Waals surface area (Å²) >= 11 is 0. The van der Waals surface area contributed by atoms with Crippen LogP contribution in [0.3, 0.4) is 0 Å². The number of carboxylic acid groups (broad SMARTS) is 1. The maximum Gasteiger partial charge on any atom is 0.310 e. The summed E-state index contributed by atoms with van der Waals surface area (Å²) in [5.41, 5.74) is 2.07. The van der Waals surface area contributed by atoms with Gasteiger partial charge in [-0.1, -0.05) is 6.07 Å². The largest absolute Gasteiger partial charge is 0.496 e. The predicted octanol–water partition coefficient (Wildman–Crippen LogP) is 1.50. The molecule has 1 fully saturated rings. The van der Waals surface area contributed by atoms with Crippen molar-refractivity contribution in [1.82, 2.24) is 4.90 Å². The van der Waals surface area contributed by atoms with Crippen molar-refractivity contribution in [2.24, 2.45) is 5.92 Å². The highest BCUT2D eigenvalue weighted by atomic mass is 16.5. The molecule has 6 nitrogen and oxygen atoms in total. The van der Waals surface area contributed by atoms with Gasteiger partial charge in [0.15, 0.2) is 0 Å². The molecule has 2 atom stereocenters. The molecule has 0 aromatic heterocycles. The zero-order valence-corrected chi connectivity index (χ0v) is 13.7. The van der Waals surface area contributed by atoms with E-state index in [9.17, 15) is 15.0 Å². The fraction of sp³-hybridized carbons (Fsp3) is 0.588. The lowest BCUT2D eigenvalue weighted by Crippen LogP contribution is -2.46. The standard InChI is InChI=1S/C17H25NO5/c1-3-23-11-13-8-12(4-5-16(13)22-2)9-18-7-6-15(19)14(10-18)17(20)21/h4-5,8,14-15,19H,3,6-7,9-11H2,1-2H3,(H,20,21)/t14-,15-/m1/s1.